The first-order chi connectivity index (χ1) is 15.5. The Bertz CT molecular complexity index is 930. The number of methoxy groups -OCH3 is 1. The summed E-state index contributed by atoms with van der Waals surface area (Å²) < 4.78 is 15.6. The fourth-order valence-corrected chi connectivity index (χ4v) is 5.40. The highest BCUT2D eigenvalue weighted by Crippen LogP contribution is 2.42. The lowest BCUT2D eigenvalue weighted by Gasteiger charge is -2.29. The third-order valence-corrected chi connectivity index (χ3v) is 7.29. The highest BCUT2D eigenvalue weighted by molar-refractivity contribution is 7.18. The summed E-state index contributed by atoms with van der Waals surface area (Å²) in [6.07, 6.45) is 7.65. The van der Waals surface area contributed by atoms with Gasteiger partial charge in [0, 0.05) is 29.2 Å². The van der Waals surface area contributed by atoms with Gasteiger partial charge in [-0.15, -0.1) is 11.3 Å². The largest absolute Gasteiger partial charge is 0.480 e. The van der Waals surface area contributed by atoms with Crippen LogP contribution in [0.3, 0.4) is 0 Å². The van der Waals surface area contributed by atoms with Crippen molar-refractivity contribution in [1.29, 1.82) is 0 Å². The highest BCUT2D eigenvalue weighted by atomic mass is 32.1. The van der Waals surface area contributed by atoms with Crippen molar-refractivity contribution >= 4 is 29.0 Å². The minimum absolute atomic E-state index is 0.251. The molecule has 2 aromatic rings. The van der Waals surface area contributed by atoms with Gasteiger partial charge in [0.25, 0.3) is 0 Å². The molecule has 1 heterocycles. The van der Waals surface area contributed by atoms with Gasteiger partial charge in [-0.3, -0.25) is 0 Å². The predicted molar refractivity (Wildman–Crippen MR) is 128 cm³/mol. The van der Waals surface area contributed by atoms with E-state index in [-0.39, 0.29) is 13.2 Å². The number of hydrogen-bond donors (Lipinski definition) is 0. The van der Waals surface area contributed by atoms with Crippen LogP contribution in [0.4, 0.5) is 5.69 Å². The van der Waals surface area contributed by atoms with E-state index >= 15 is 0 Å². The molecule has 174 valence electrons. The summed E-state index contributed by atoms with van der Waals surface area (Å²) in [4.78, 5) is 27.9. The minimum atomic E-state index is -0.477. The van der Waals surface area contributed by atoms with Crippen LogP contribution in [0.5, 0.6) is 5.75 Å². The van der Waals surface area contributed by atoms with Crippen molar-refractivity contribution in [1.82, 2.24) is 0 Å². The molecular weight excluding hydrogens is 426 g/mol. The van der Waals surface area contributed by atoms with E-state index in [9.17, 15) is 9.59 Å². The molecule has 1 aliphatic carbocycles. The third-order valence-electron chi connectivity index (χ3n) is 5.99. The Morgan fingerprint density at radius 2 is 1.88 bits per heavy atom. The van der Waals surface area contributed by atoms with E-state index in [4.69, 9.17) is 14.2 Å². The summed E-state index contributed by atoms with van der Waals surface area (Å²) in [5.41, 5.74) is 2.99. The predicted octanol–water partition coefficient (Wildman–Crippen LogP) is 5.61. The summed E-state index contributed by atoms with van der Waals surface area (Å²) in [5, 5.41) is 0. The second-order valence-electron chi connectivity index (χ2n) is 8.11. The van der Waals surface area contributed by atoms with Crippen molar-refractivity contribution in [2.45, 2.75) is 58.4 Å². The molecule has 0 saturated heterocycles. The third kappa shape index (κ3) is 5.63. The van der Waals surface area contributed by atoms with Gasteiger partial charge in [0.05, 0.1) is 13.7 Å². The standard InChI is InChI=1S/C25H33NO5S/c1-5-30-21(27)16-31-22-17(2)23(32-24(22)25(28)29-4)18-11-10-14-20(15-18)26(3)19-12-8-6-7-9-13-19/h10-11,14-15,19H,5-9,12-13,16H2,1-4H3. The molecule has 3 rings (SSSR count). The van der Waals surface area contributed by atoms with Gasteiger partial charge in [-0.1, -0.05) is 37.8 Å². The quantitative estimate of drug-likeness (QED) is 0.378. The Morgan fingerprint density at radius 3 is 2.53 bits per heavy atom. The van der Waals surface area contributed by atoms with Gasteiger partial charge in [-0.05, 0) is 44.4 Å². The molecule has 0 atom stereocenters. The number of rotatable bonds is 8. The number of anilines is 1. The molecule has 1 aromatic heterocycles. The fraction of sp³-hybridized carbons (Fsp3) is 0.520. The van der Waals surface area contributed by atoms with Gasteiger partial charge in [0.1, 0.15) is 5.75 Å². The van der Waals surface area contributed by atoms with Crippen LogP contribution in [0.25, 0.3) is 10.4 Å². The summed E-state index contributed by atoms with van der Waals surface area (Å²) in [5.74, 6) is -0.565. The van der Waals surface area contributed by atoms with E-state index in [2.05, 4.69) is 24.1 Å². The lowest BCUT2D eigenvalue weighted by atomic mass is 10.0. The number of esters is 2. The highest BCUT2D eigenvalue weighted by Gasteiger charge is 2.25. The molecular formula is C25H33NO5S. The Morgan fingerprint density at radius 1 is 1.16 bits per heavy atom. The zero-order chi connectivity index (χ0) is 23.1. The molecule has 0 bridgehead atoms. The lowest BCUT2D eigenvalue weighted by molar-refractivity contribution is -0.145. The zero-order valence-electron chi connectivity index (χ0n) is 19.4. The van der Waals surface area contributed by atoms with E-state index < -0.39 is 11.9 Å². The maximum Gasteiger partial charge on any atom is 0.351 e. The Labute approximate surface area is 194 Å². The fourth-order valence-electron chi connectivity index (χ4n) is 4.23. The molecule has 0 spiro atoms. The molecule has 0 aliphatic heterocycles. The Balaban J connectivity index is 1.90. The van der Waals surface area contributed by atoms with Crippen molar-refractivity contribution in [2.24, 2.45) is 0 Å². The Kier molecular flexibility index (Phi) is 8.56. The van der Waals surface area contributed by atoms with E-state index in [0.717, 1.165) is 21.7 Å². The summed E-state index contributed by atoms with van der Waals surface area (Å²) in [7, 11) is 3.51. The molecule has 0 amide bonds. The number of ether oxygens (including phenoxy) is 3. The lowest BCUT2D eigenvalue weighted by Crippen LogP contribution is -2.30. The summed E-state index contributed by atoms with van der Waals surface area (Å²) >= 11 is 1.33. The van der Waals surface area contributed by atoms with E-state index in [0.29, 0.717) is 16.7 Å². The van der Waals surface area contributed by atoms with Crippen LogP contribution in [-0.2, 0) is 14.3 Å². The molecule has 0 radical (unpaired) electrons. The van der Waals surface area contributed by atoms with Crippen molar-refractivity contribution in [3.8, 4) is 16.2 Å². The second kappa shape index (κ2) is 11.4. The van der Waals surface area contributed by atoms with Crippen molar-refractivity contribution < 1.29 is 23.8 Å². The maximum atomic E-state index is 12.4. The average Bonchev–Trinajstić information content (AvgIpc) is 2.96. The second-order valence-corrected chi connectivity index (χ2v) is 9.13. The smallest absolute Gasteiger partial charge is 0.351 e. The molecule has 0 N–H and O–H groups in total. The SMILES string of the molecule is CCOC(=O)COc1c(C(=O)OC)sc(-c2cccc(N(C)C3CCCCCC3)c2)c1C. The monoisotopic (exact) mass is 459 g/mol. The van der Waals surface area contributed by atoms with E-state index in [1.54, 1.807) is 6.92 Å². The van der Waals surface area contributed by atoms with Gasteiger partial charge in [-0.25, -0.2) is 9.59 Å². The molecule has 1 aliphatic rings. The first-order valence-electron chi connectivity index (χ1n) is 11.3. The molecule has 6 nitrogen and oxygen atoms in total. The molecule has 1 fully saturated rings. The molecule has 1 saturated carbocycles. The van der Waals surface area contributed by atoms with E-state index in [1.165, 1.54) is 57.0 Å². The number of nitrogens with zero attached hydrogens (tertiary/aromatic N) is 1. The van der Waals surface area contributed by atoms with Crippen LogP contribution in [0.2, 0.25) is 0 Å². The average molecular weight is 460 g/mol. The first kappa shape index (κ1) is 24.1. The van der Waals surface area contributed by atoms with Crippen LogP contribution in [0, 0.1) is 6.92 Å². The van der Waals surface area contributed by atoms with Gasteiger partial charge < -0.3 is 19.1 Å². The first-order valence-corrected chi connectivity index (χ1v) is 12.1. The number of hydrogen-bond acceptors (Lipinski definition) is 7. The number of carbonyl (C=O) groups excluding carboxylic acids is 2. The minimum Gasteiger partial charge on any atom is -0.480 e. The molecule has 7 heteroatoms. The zero-order valence-corrected chi connectivity index (χ0v) is 20.3. The maximum absolute atomic E-state index is 12.4. The van der Waals surface area contributed by atoms with Gasteiger partial charge in [-0.2, -0.15) is 0 Å². The normalized spacial score (nSPS) is 14.5. The van der Waals surface area contributed by atoms with Crippen LogP contribution in [-0.4, -0.2) is 45.4 Å². The van der Waals surface area contributed by atoms with Gasteiger partial charge >= 0.3 is 11.9 Å². The van der Waals surface area contributed by atoms with Crippen LogP contribution in [0.15, 0.2) is 24.3 Å². The Hall–Kier alpha value is -2.54. The summed E-state index contributed by atoms with van der Waals surface area (Å²) in [6.45, 7) is 3.67. The van der Waals surface area contributed by atoms with Gasteiger partial charge in [0.2, 0.25) is 0 Å². The number of benzene rings is 1. The number of thiophene rings is 1. The molecule has 32 heavy (non-hydrogen) atoms. The summed E-state index contributed by atoms with van der Waals surface area (Å²) in [6, 6.07) is 8.94. The van der Waals surface area contributed by atoms with Crippen molar-refractivity contribution in [2.75, 3.05) is 32.3 Å². The topological polar surface area (TPSA) is 65.1 Å². The molecule has 0 unspecified atom stereocenters. The van der Waals surface area contributed by atoms with E-state index in [1.807, 2.05) is 19.1 Å². The van der Waals surface area contributed by atoms with Gasteiger partial charge in [0.15, 0.2) is 11.5 Å². The van der Waals surface area contributed by atoms with Crippen molar-refractivity contribution in [3.63, 3.8) is 0 Å². The van der Waals surface area contributed by atoms with Crippen LogP contribution >= 0.6 is 11.3 Å². The van der Waals surface area contributed by atoms with Crippen LogP contribution in [0.1, 0.15) is 60.7 Å². The van der Waals surface area contributed by atoms with Crippen molar-refractivity contribution in [3.05, 3.63) is 34.7 Å². The number of carbonyl (C=O) groups is 2. The van der Waals surface area contributed by atoms with Crippen LogP contribution < -0.4 is 9.64 Å². The molecule has 1 aromatic carbocycles.